The van der Waals surface area contributed by atoms with E-state index in [9.17, 15) is 9.59 Å². The Balaban J connectivity index is 1.54. The second-order valence-corrected chi connectivity index (χ2v) is 7.51. The van der Waals surface area contributed by atoms with Crippen LogP contribution < -0.4 is 20.1 Å². The van der Waals surface area contributed by atoms with Crippen LogP contribution in [0.25, 0.3) is 10.9 Å². The van der Waals surface area contributed by atoms with Crippen molar-refractivity contribution in [3.05, 3.63) is 72.2 Å². The van der Waals surface area contributed by atoms with Crippen LogP contribution in [-0.4, -0.2) is 40.7 Å². The predicted molar refractivity (Wildman–Crippen MR) is 128 cm³/mol. The monoisotopic (exact) mass is 459 g/mol. The second-order valence-electron chi connectivity index (χ2n) is 7.51. The lowest BCUT2D eigenvalue weighted by atomic mass is 10.1. The third-order valence-electron chi connectivity index (χ3n) is 5.27. The lowest BCUT2D eigenvalue weighted by Crippen LogP contribution is -2.17. The maximum Gasteiger partial charge on any atom is 0.251 e. The first-order valence-corrected chi connectivity index (χ1v) is 10.8. The number of amides is 2. The molecule has 2 aromatic carbocycles. The maximum atomic E-state index is 12.5. The van der Waals surface area contributed by atoms with Crippen LogP contribution >= 0.6 is 0 Å². The second kappa shape index (κ2) is 10.0. The number of aryl methyl sites for hydroxylation is 1. The van der Waals surface area contributed by atoms with Gasteiger partial charge in [-0.1, -0.05) is 6.07 Å². The van der Waals surface area contributed by atoms with Gasteiger partial charge >= 0.3 is 0 Å². The smallest absolute Gasteiger partial charge is 0.251 e. The molecule has 0 fully saturated rings. The topological polar surface area (TPSA) is 107 Å². The Morgan fingerprint density at radius 1 is 1.09 bits per heavy atom. The Morgan fingerprint density at radius 2 is 1.94 bits per heavy atom. The van der Waals surface area contributed by atoms with Crippen molar-refractivity contribution in [2.45, 2.75) is 19.9 Å². The van der Waals surface area contributed by atoms with Gasteiger partial charge in [-0.3, -0.25) is 19.3 Å². The molecule has 2 heterocycles. The lowest BCUT2D eigenvalue weighted by molar-refractivity contribution is -0.115. The van der Waals surface area contributed by atoms with Crippen LogP contribution in [0.3, 0.4) is 0 Å². The third kappa shape index (κ3) is 4.98. The summed E-state index contributed by atoms with van der Waals surface area (Å²) in [5.41, 5.74) is 2.58. The quantitative estimate of drug-likeness (QED) is 0.415. The third-order valence-corrected chi connectivity index (χ3v) is 5.27. The summed E-state index contributed by atoms with van der Waals surface area (Å²) in [7, 11) is 3.13. The number of nitrogens with zero attached hydrogens (tertiary/aromatic N) is 3. The minimum atomic E-state index is -0.192. The number of pyridine rings is 1. The van der Waals surface area contributed by atoms with Gasteiger partial charge in [-0.15, -0.1) is 0 Å². The number of fused-ring (bicyclic) bond motifs is 1. The van der Waals surface area contributed by atoms with Crippen molar-refractivity contribution < 1.29 is 19.1 Å². The zero-order valence-corrected chi connectivity index (χ0v) is 19.2. The molecular formula is C25H25N5O4. The molecule has 0 spiro atoms. The zero-order chi connectivity index (χ0) is 24.1. The van der Waals surface area contributed by atoms with E-state index in [2.05, 4.69) is 20.7 Å². The Morgan fingerprint density at radius 3 is 2.68 bits per heavy atom. The van der Waals surface area contributed by atoms with E-state index in [-0.39, 0.29) is 18.2 Å². The number of benzene rings is 2. The van der Waals surface area contributed by atoms with Crippen LogP contribution in [0, 0.1) is 0 Å². The minimum absolute atomic E-state index is 0.133. The fourth-order valence-electron chi connectivity index (χ4n) is 3.54. The number of methoxy groups -OCH3 is 1. The lowest BCUT2D eigenvalue weighted by Gasteiger charge is -2.13. The van der Waals surface area contributed by atoms with Crippen molar-refractivity contribution in [3.8, 4) is 17.2 Å². The van der Waals surface area contributed by atoms with Crippen LogP contribution in [0.2, 0.25) is 0 Å². The molecule has 0 unspecified atom stereocenters. The highest BCUT2D eigenvalue weighted by atomic mass is 16.5. The van der Waals surface area contributed by atoms with E-state index >= 15 is 0 Å². The van der Waals surface area contributed by atoms with Gasteiger partial charge in [0.2, 0.25) is 5.91 Å². The molecule has 0 saturated carbocycles. The van der Waals surface area contributed by atoms with E-state index in [4.69, 9.17) is 9.47 Å². The number of hydrogen-bond donors (Lipinski definition) is 2. The Kier molecular flexibility index (Phi) is 6.72. The van der Waals surface area contributed by atoms with Gasteiger partial charge in [-0.25, -0.2) is 0 Å². The van der Waals surface area contributed by atoms with Crippen LogP contribution in [-0.2, 0) is 17.8 Å². The number of aromatic nitrogens is 3. The van der Waals surface area contributed by atoms with Crippen molar-refractivity contribution >= 4 is 28.4 Å². The predicted octanol–water partition coefficient (Wildman–Crippen LogP) is 3.79. The summed E-state index contributed by atoms with van der Waals surface area (Å²) in [5, 5.41) is 10.3. The highest BCUT2D eigenvalue weighted by Crippen LogP contribution is 2.32. The molecule has 9 heteroatoms. The van der Waals surface area contributed by atoms with Crippen LogP contribution in [0.1, 0.15) is 22.8 Å². The first-order chi connectivity index (χ1) is 16.5. The van der Waals surface area contributed by atoms with E-state index in [1.54, 1.807) is 79.9 Å². The summed E-state index contributed by atoms with van der Waals surface area (Å²) in [6, 6.07) is 12.3. The number of carbonyl (C=O) groups is 2. The minimum Gasteiger partial charge on any atom is -0.496 e. The van der Waals surface area contributed by atoms with Gasteiger partial charge < -0.3 is 20.1 Å². The first-order valence-electron chi connectivity index (χ1n) is 10.8. The number of carbonyl (C=O) groups excluding carboxylic acids is 2. The molecule has 34 heavy (non-hydrogen) atoms. The molecule has 174 valence electrons. The van der Waals surface area contributed by atoms with Gasteiger partial charge in [0.25, 0.3) is 5.91 Å². The molecule has 2 amide bonds. The van der Waals surface area contributed by atoms with Crippen molar-refractivity contribution in [1.82, 2.24) is 20.1 Å². The average Bonchev–Trinajstić information content (AvgIpc) is 3.31. The first kappa shape index (κ1) is 22.8. The van der Waals surface area contributed by atoms with E-state index in [0.29, 0.717) is 39.4 Å². The summed E-state index contributed by atoms with van der Waals surface area (Å²) >= 11 is 0. The van der Waals surface area contributed by atoms with E-state index in [1.165, 1.54) is 0 Å². The van der Waals surface area contributed by atoms with E-state index in [0.717, 1.165) is 12.1 Å². The van der Waals surface area contributed by atoms with Gasteiger partial charge in [0.15, 0.2) is 0 Å². The average molecular weight is 460 g/mol. The molecule has 0 aliphatic heterocycles. The van der Waals surface area contributed by atoms with E-state index < -0.39 is 0 Å². The van der Waals surface area contributed by atoms with Gasteiger partial charge in [-0.2, -0.15) is 5.10 Å². The number of nitrogens with one attached hydrogen (secondary N) is 2. The van der Waals surface area contributed by atoms with Crippen LogP contribution in [0.5, 0.6) is 17.2 Å². The Hall–Kier alpha value is -4.40. The molecule has 9 nitrogen and oxygen atoms in total. The summed E-state index contributed by atoms with van der Waals surface area (Å²) in [6.45, 7) is 2.70. The van der Waals surface area contributed by atoms with Gasteiger partial charge in [0.1, 0.15) is 17.2 Å². The maximum absolute atomic E-state index is 12.5. The number of anilines is 1. The highest BCUT2D eigenvalue weighted by molar-refractivity contribution is 5.99. The fourth-order valence-corrected chi connectivity index (χ4v) is 3.54. The largest absolute Gasteiger partial charge is 0.496 e. The van der Waals surface area contributed by atoms with Crippen LogP contribution in [0.15, 0.2) is 61.1 Å². The van der Waals surface area contributed by atoms with Gasteiger partial charge in [0.05, 0.1) is 30.9 Å². The summed E-state index contributed by atoms with van der Waals surface area (Å²) in [5.74, 6) is 1.24. The zero-order valence-electron chi connectivity index (χ0n) is 19.2. The molecule has 0 radical (unpaired) electrons. The standard InChI is InChI=1S/C25H25N5O4/c1-4-30-15-18(14-28-30)29-24(31)12-16-5-7-19(13-23(16)33-3)34-22-9-10-27-21-8-6-17(11-20(21)22)25(32)26-2/h5-11,13-15H,4,12H2,1-3H3,(H,26,32)(H,29,31). The molecular weight excluding hydrogens is 434 g/mol. The van der Waals surface area contributed by atoms with Gasteiger partial charge in [0, 0.05) is 48.6 Å². The highest BCUT2D eigenvalue weighted by Gasteiger charge is 2.13. The number of rotatable bonds is 8. The Bertz CT molecular complexity index is 1350. The molecule has 4 aromatic rings. The van der Waals surface area contributed by atoms with Crippen molar-refractivity contribution in [2.24, 2.45) is 0 Å². The van der Waals surface area contributed by atoms with Crippen LogP contribution in [0.4, 0.5) is 5.69 Å². The molecule has 0 aliphatic carbocycles. The molecule has 0 saturated heterocycles. The normalized spacial score (nSPS) is 10.7. The molecule has 2 aromatic heterocycles. The number of ether oxygens (including phenoxy) is 2. The molecule has 0 atom stereocenters. The summed E-state index contributed by atoms with van der Waals surface area (Å²) in [6.07, 6.45) is 5.17. The number of hydrogen-bond acceptors (Lipinski definition) is 6. The Labute approximate surface area is 196 Å². The molecule has 0 aliphatic rings. The van der Waals surface area contributed by atoms with Crippen molar-refractivity contribution in [1.29, 1.82) is 0 Å². The molecule has 2 N–H and O–H groups in total. The molecule has 4 rings (SSSR count). The van der Waals surface area contributed by atoms with E-state index in [1.807, 2.05) is 6.92 Å². The molecule has 0 bridgehead atoms. The van der Waals surface area contributed by atoms with Gasteiger partial charge in [-0.05, 0) is 37.3 Å². The summed E-state index contributed by atoms with van der Waals surface area (Å²) < 4.78 is 13.4. The van der Waals surface area contributed by atoms with Crippen molar-refractivity contribution in [2.75, 3.05) is 19.5 Å². The van der Waals surface area contributed by atoms with Crippen molar-refractivity contribution in [3.63, 3.8) is 0 Å². The summed E-state index contributed by atoms with van der Waals surface area (Å²) in [4.78, 5) is 28.9. The fraction of sp³-hybridized carbons (Fsp3) is 0.200. The SMILES string of the molecule is CCn1cc(NC(=O)Cc2ccc(Oc3ccnc4ccc(C(=O)NC)cc34)cc2OC)cn1.